The highest BCUT2D eigenvalue weighted by Crippen LogP contribution is 2.13. The van der Waals surface area contributed by atoms with E-state index in [-0.39, 0.29) is 18.2 Å². The molecule has 17 heavy (non-hydrogen) atoms. The van der Waals surface area contributed by atoms with E-state index in [1.165, 1.54) is 4.80 Å². The molecule has 6 nitrogen and oxygen atoms in total. The largest absolute Gasteiger partial charge is 0.461 e. The summed E-state index contributed by atoms with van der Waals surface area (Å²) >= 11 is 0. The van der Waals surface area contributed by atoms with Gasteiger partial charge >= 0.3 is 0 Å². The molecule has 0 N–H and O–H groups in total. The second kappa shape index (κ2) is 4.90. The molecule has 0 radical (unpaired) electrons. The fourth-order valence-corrected chi connectivity index (χ4v) is 1.34. The van der Waals surface area contributed by atoms with E-state index in [1.54, 1.807) is 18.4 Å². The summed E-state index contributed by atoms with van der Waals surface area (Å²) in [5.74, 6) is 1.07. The lowest BCUT2D eigenvalue weighted by Gasteiger charge is -2.04. The molecule has 0 spiro atoms. The third-order valence-electron chi connectivity index (χ3n) is 2.65. The van der Waals surface area contributed by atoms with E-state index in [0.29, 0.717) is 11.6 Å². The highest BCUT2D eigenvalue weighted by Gasteiger charge is 2.14. The van der Waals surface area contributed by atoms with Crippen molar-refractivity contribution in [2.75, 3.05) is 0 Å². The van der Waals surface area contributed by atoms with Crippen molar-refractivity contribution in [1.29, 1.82) is 0 Å². The molecule has 6 heteroatoms. The number of tetrazole rings is 1. The van der Waals surface area contributed by atoms with Crippen LogP contribution in [0, 0.1) is 5.92 Å². The first-order valence-corrected chi connectivity index (χ1v) is 5.55. The van der Waals surface area contributed by atoms with Gasteiger partial charge in [0.15, 0.2) is 11.5 Å². The zero-order valence-electron chi connectivity index (χ0n) is 9.83. The Morgan fingerprint density at radius 1 is 1.59 bits per heavy atom. The molecule has 0 aliphatic carbocycles. The van der Waals surface area contributed by atoms with Crippen LogP contribution in [0.3, 0.4) is 0 Å². The molecular formula is C11H14N4O2. The highest BCUT2D eigenvalue weighted by molar-refractivity contribution is 5.80. The van der Waals surface area contributed by atoms with E-state index in [0.717, 1.165) is 6.42 Å². The average Bonchev–Trinajstić information content (AvgIpc) is 2.97. The zero-order valence-corrected chi connectivity index (χ0v) is 9.83. The second-order valence-electron chi connectivity index (χ2n) is 3.90. The molecule has 2 aromatic heterocycles. The molecule has 90 valence electrons. The van der Waals surface area contributed by atoms with Gasteiger partial charge in [0.1, 0.15) is 6.54 Å². The summed E-state index contributed by atoms with van der Waals surface area (Å²) in [5, 5.41) is 11.7. The number of Topliss-reactive ketones (excluding diaryl/α,β-unsaturated/α-hetero) is 1. The van der Waals surface area contributed by atoms with Crippen molar-refractivity contribution in [3.63, 3.8) is 0 Å². The van der Waals surface area contributed by atoms with Crippen LogP contribution in [-0.4, -0.2) is 26.0 Å². The van der Waals surface area contributed by atoms with Gasteiger partial charge in [0.05, 0.1) is 6.26 Å². The Morgan fingerprint density at radius 3 is 3.06 bits per heavy atom. The summed E-state index contributed by atoms with van der Waals surface area (Å²) in [7, 11) is 0. The fraction of sp³-hybridized carbons (Fsp3) is 0.455. The maximum absolute atomic E-state index is 11.7. The normalized spacial score (nSPS) is 12.6. The molecule has 1 unspecified atom stereocenters. The SMILES string of the molecule is CCC(C)C(=O)Cn1nnc(-c2ccco2)n1. The molecule has 0 saturated carbocycles. The first-order valence-electron chi connectivity index (χ1n) is 5.55. The maximum atomic E-state index is 11.7. The van der Waals surface area contributed by atoms with Crippen LogP contribution in [0.5, 0.6) is 0 Å². The van der Waals surface area contributed by atoms with Gasteiger partial charge in [0.25, 0.3) is 0 Å². The molecular weight excluding hydrogens is 220 g/mol. The number of aromatic nitrogens is 4. The third-order valence-corrected chi connectivity index (χ3v) is 2.65. The predicted octanol–water partition coefficient (Wildman–Crippen LogP) is 1.55. The van der Waals surface area contributed by atoms with Gasteiger partial charge in [-0.15, -0.1) is 10.2 Å². The second-order valence-corrected chi connectivity index (χ2v) is 3.90. The van der Waals surface area contributed by atoms with Crippen molar-refractivity contribution < 1.29 is 9.21 Å². The summed E-state index contributed by atoms with van der Waals surface area (Å²) in [6.07, 6.45) is 2.36. The third kappa shape index (κ3) is 2.58. The lowest BCUT2D eigenvalue weighted by atomic mass is 10.0. The van der Waals surface area contributed by atoms with Crippen LogP contribution in [-0.2, 0) is 11.3 Å². The number of carbonyl (C=O) groups excluding carboxylic acids is 1. The van der Waals surface area contributed by atoms with Crippen LogP contribution in [0.15, 0.2) is 22.8 Å². The molecule has 0 saturated heterocycles. The van der Waals surface area contributed by atoms with Crippen molar-refractivity contribution in [3.05, 3.63) is 18.4 Å². The fourth-order valence-electron chi connectivity index (χ4n) is 1.34. The summed E-state index contributed by atoms with van der Waals surface area (Å²) in [6.45, 7) is 4.03. The number of carbonyl (C=O) groups is 1. The monoisotopic (exact) mass is 234 g/mol. The Labute approximate surface area is 98.6 Å². The standard InChI is InChI=1S/C11H14N4O2/c1-3-8(2)9(16)7-15-13-11(12-14-15)10-5-4-6-17-10/h4-6,8H,3,7H2,1-2H3. The van der Waals surface area contributed by atoms with Gasteiger partial charge in [0.2, 0.25) is 5.82 Å². The molecule has 2 rings (SSSR count). The summed E-state index contributed by atoms with van der Waals surface area (Å²) in [4.78, 5) is 13.0. The first kappa shape index (κ1) is 11.5. The van der Waals surface area contributed by atoms with Crippen LogP contribution in [0.1, 0.15) is 20.3 Å². The Hall–Kier alpha value is -1.98. The van der Waals surface area contributed by atoms with E-state index in [4.69, 9.17) is 4.42 Å². The van der Waals surface area contributed by atoms with E-state index < -0.39 is 0 Å². The molecule has 0 aliphatic heterocycles. The average molecular weight is 234 g/mol. The van der Waals surface area contributed by atoms with Crippen LogP contribution in [0.25, 0.3) is 11.6 Å². The Kier molecular flexibility index (Phi) is 3.32. The minimum Gasteiger partial charge on any atom is -0.461 e. The van der Waals surface area contributed by atoms with Gasteiger partial charge in [-0.1, -0.05) is 13.8 Å². The molecule has 2 aromatic rings. The molecule has 0 bridgehead atoms. The van der Waals surface area contributed by atoms with Crippen molar-refractivity contribution >= 4 is 5.78 Å². The molecule has 0 fully saturated rings. The van der Waals surface area contributed by atoms with Crippen LogP contribution >= 0.6 is 0 Å². The van der Waals surface area contributed by atoms with Crippen LogP contribution < -0.4 is 0 Å². The molecule has 0 amide bonds. The zero-order chi connectivity index (χ0) is 12.3. The molecule has 0 aliphatic rings. The lowest BCUT2D eigenvalue weighted by molar-refractivity contribution is -0.123. The van der Waals surface area contributed by atoms with Gasteiger partial charge < -0.3 is 4.42 Å². The Bertz CT molecular complexity index is 489. The van der Waals surface area contributed by atoms with Gasteiger partial charge in [-0.2, -0.15) is 4.80 Å². The summed E-state index contributed by atoms with van der Waals surface area (Å²) < 4.78 is 5.14. The Balaban J connectivity index is 2.07. The van der Waals surface area contributed by atoms with Crippen molar-refractivity contribution in [1.82, 2.24) is 20.2 Å². The number of hydrogen-bond acceptors (Lipinski definition) is 5. The molecule has 1 atom stereocenters. The number of nitrogens with zero attached hydrogens (tertiary/aromatic N) is 4. The molecule has 0 aromatic carbocycles. The first-order chi connectivity index (χ1) is 8.20. The van der Waals surface area contributed by atoms with Crippen molar-refractivity contribution in [2.24, 2.45) is 5.92 Å². The number of ketones is 1. The smallest absolute Gasteiger partial charge is 0.240 e. The minimum absolute atomic E-state index is 0.0214. The predicted molar refractivity (Wildman–Crippen MR) is 60.0 cm³/mol. The Morgan fingerprint density at radius 2 is 2.41 bits per heavy atom. The van der Waals surface area contributed by atoms with Crippen molar-refractivity contribution in [3.8, 4) is 11.6 Å². The quantitative estimate of drug-likeness (QED) is 0.784. The van der Waals surface area contributed by atoms with E-state index in [9.17, 15) is 4.79 Å². The topological polar surface area (TPSA) is 73.8 Å². The van der Waals surface area contributed by atoms with Gasteiger partial charge in [-0.3, -0.25) is 4.79 Å². The minimum atomic E-state index is 0.0214. The highest BCUT2D eigenvalue weighted by atomic mass is 16.3. The van der Waals surface area contributed by atoms with E-state index in [1.807, 2.05) is 13.8 Å². The van der Waals surface area contributed by atoms with E-state index >= 15 is 0 Å². The van der Waals surface area contributed by atoms with Gasteiger partial charge in [0, 0.05) is 5.92 Å². The van der Waals surface area contributed by atoms with Crippen LogP contribution in [0.4, 0.5) is 0 Å². The van der Waals surface area contributed by atoms with Crippen molar-refractivity contribution in [2.45, 2.75) is 26.8 Å². The number of furan rings is 1. The van der Waals surface area contributed by atoms with E-state index in [2.05, 4.69) is 15.4 Å². The van der Waals surface area contributed by atoms with Crippen LogP contribution in [0.2, 0.25) is 0 Å². The molecule has 2 heterocycles. The summed E-state index contributed by atoms with van der Waals surface area (Å²) in [6, 6.07) is 3.50. The van der Waals surface area contributed by atoms with Gasteiger partial charge in [-0.05, 0) is 23.8 Å². The lowest BCUT2D eigenvalue weighted by Crippen LogP contribution is -2.19. The maximum Gasteiger partial charge on any atom is 0.240 e. The van der Waals surface area contributed by atoms with Gasteiger partial charge in [-0.25, -0.2) is 0 Å². The number of rotatable bonds is 5. The summed E-state index contributed by atoms with van der Waals surface area (Å²) in [5.41, 5.74) is 0. The number of hydrogen-bond donors (Lipinski definition) is 0.